The number of ether oxygens (including phenoxy) is 1. The summed E-state index contributed by atoms with van der Waals surface area (Å²) in [4.78, 5) is 16.5. The van der Waals surface area contributed by atoms with Crippen LogP contribution in [0.4, 0.5) is 0 Å². The van der Waals surface area contributed by atoms with E-state index in [-0.39, 0.29) is 17.4 Å². The summed E-state index contributed by atoms with van der Waals surface area (Å²) in [5.41, 5.74) is 5.13. The smallest absolute Gasteiger partial charge is 0.250 e. The molecule has 6 nitrogen and oxygen atoms in total. The third-order valence-corrected chi connectivity index (χ3v) is 5.51. The zero-order valence-corrected chi connectivity index (χ0v) is 16.1. The van der Waals surface area contributed by atoms with E-state index in [1.165, 1.54) is 42.5 Å². The second kappa shape index (κ2) is 9.20. The fraction of sp³-hybridized carbons (Fsp3) is 0.105. The fourth-order valence-corrected chi connectivity index (χ4v) is 3.81. The molecule has 0 aliphatic heterocycles. The van der Waals surface area contributed by atoms with E-state index in [0.717, 1.165) is 15.6 Å². The molecule has 0 saturated heterocycles. The van der Waals surface area contributed by atoms with Gasteiger partial charge in [0, 0.05) is 10.9 Å². The molecule has 1 amide bonds. The first-order chi connectivity index (χ1) is 13.2. The molecule has 0 saturated carbocycles. The Morgan fingerprint density at radius 3 is 2.93 bits per heavy atom. The van der Waals surface area contributed by atoms with Crippen molar-refractivity contribution >= 4 is 35.2 Å². The highest BCUT2D eigenvalue weighted by molar-refractivity contribution is 8.01. The van der Waals surface area contributed by atoms with Gasteiger partial charge in [0.1, 0.15) is 0 Å². The molecular weight excluding hydrogens is 382 g/mol. The van der Waals surface area contributed by atoms with Crippen molar-refractivity contribution in [2.75, 3.05) is 12.9 Å². The van der Waals surface area contributed by atoms with E-state index in [1.807, 2.05) is 35.7 Å². The van der Waals surface area contributed by atoms with Crippen LogP contribution in [-0.4, -0.2) is 35.1 Å². The molecule has 0 fully saturated rings. The van der Waals surface area contributed by atoms with Crippen molar-refractivity contribution in [1.29, 1.82) is 0 Å². The van der Waals surface area contributed by atoms with Crippen LogP contribution in [-0.2, 0) is 4.79 Å². The Kier molecular flexibility index (Phi) is 6.45. The number of aromatic nitrogens is 1. The van der Waals surface area contributed by atoms with Gasteiger partial charge in [-0.2, -0.15) is 5.10 Å². The van der Waals surface area contributed by atoms with Crippen LogP contribution in [0.5, 0.6) is 11.5 Å². The molecule has 0 radical (unpaired) electrons. The van der Waals surface area contributed by atoms with Gasteiger partial charge in [-0.15, -0.1) is 11.3 Å². The van der Waals surface area contributed by atoms with E-state index in [0.29, 0.717) is 11.3 Å². The first kappa shape index (κ1) is 18.9. The molecule has 27 heavy (non-hydrogen) atoms. The van der Waals surface area contributed by atoms with Gasteiger partial charge in [-0.1, -0.05) is 42.1 Å². The van der Waals surface area contributed by atoms with Crippen molar-refractivity contribution < 1.29 is 14.6 Å². The molecule has 8 heteroatoms. The Morgan fingerprint density at radius 2 is 2.15 bits per heavy atom. The van der Waals surface area contributed by atoms with Gasteiger partial charge in [-0.05, 0) is 23.8 Å². The number of methoxy groups -OCH3 is 1. The maximum Gasteiger partial charge on any atom is 0.250 e. The second-order valence-electron chi connectivity index (χ2n) is 5.38. The number of thiazole rings is 1. The summed E-state index contributed by atoms with van der Waals surface area (Å²) in [5.74, 6) is 0.392. The minimum Gasteiger partial charge on any atom is -0.504 e. The van der Waals surface area contributed by atoms with E-state index in [1.54, 1.807) is 12.1 Å². The van der Waals surface area contributed by atoms with Crippen molar-refractivity contribution in [3.8, 4) is 22.8 Å². The summed E-state index contributed by atoms with van der Waals surface area (Å²) in [5, 5.41) is 15.5. The van der Waals surface area contributed by atoms with E-state index in [2.05, 4.69) is 15.5 Å². The molecule has 1 aromatic heterocycles. The molecule has 3 rings (SSSR count). The highest BCUT2D eigenvalue weighted by Crippen LogP contribution is 2.28. The normalized spacial score (nSPS) is 10.9. The molecule has 0 atom stereocenters. The maximum absolute atomic E-state index is 11.9. The molecule has 0 unspecified atom stereocenters. The predicted molar refractivity (Wildman–Crippen MR) is 109 cm³/mol. The van der Waals surface area contributed by atoms with Crippen molar-refractivity contribution in [3.05, 3.63) is 59.5 Å². The van der Waals surface area contributed by atoms with Gasteiger partial charge in [0.05, 0.1) is 24.8 Å². The van der Waals surface area contributed by atoms with E-state index >= 15 is 0 Å². The third-order valence-electron chi connectivity index (χ3n) is 3.49. The van der Waals surface area contributed by atoms with E-state index in [9.17, 15) is 9.90 Å². The summed E-state index contributed by atoms with van der Waals surface area (Å²) < 4.78 is 5.86. The van der Waals surface area contributed by atoms with Crippen LogP contribution >= 0.6 is 23.1 Å². The number of thioether (sulfide) groups is 1. The van der Waals surface area contributed by atoms with Crippen molar-refractivity contribution in [1.82, 2.24) is 10.4 Å². The molecule has 3 aromatic rings. The lowest BCUT2D eigenvalue weighted by Crippen LogP contribution is -2.19. The standard InChI is InChI=1S/C19H17N3O3S2/c1-25-17-9-13(7-8-16(17)23)10-20-22-18(24)12-27-19-21-15(11-26-19)14-5-3-2-4-6-14/h2-11,23H,12H2,1H3,(H,22,24)/b20-10-. The molecule has 0 bridgehead atoms. The van der Waals surface area contributed by atoms with E-state index < -0.39 is 0 Å². The molecule has 0 aliphatic carbocycles. The number of hydrazone groups is 1. The Morgan fingerprint density at radius 1 is 1.33 bits per heavy atom. The summed E-state index contributed by atoms with van der Waals surface area (Å²) in [7, 11) is 1.47. The lowest BCUT2D eigenvalue weighted by Gasteiger charge is -2.03. The number of phenolic OH excluding ortho intramolecular Hbond substituents is 1. The molecule has 0 aliphatic rings. The minimum absolute atomic E-state index is 0.0494. The van der Waals surface area contributed by atoms with Crippen molar-refractivity contribution in [2.45, 2.75) is 4.34 Å². The lowest BCUT2D eigenvalue weighted by molar-refractivity contribution is -0.118. The number of hydrogen-bond acceptors (Lipinski definition) is 7. The number of hydrogen-bond donors (Lipinski definition) is 2. The van der Waals surface area contributed by atoms with Crippen LogP contribution in [0.1, 0.15) is 5.56 Å². The predicted octanol–water partition coefficient (Wildman–Crippen LogP) is 3.77. The molecule has 0 spiro atoms. The number of aromatic hydroxyl groups is 1. The Hall–Kier alpha value is -2.84. The molecular formula is C19H17N3O3S2. The molecule has 2 aromatic carbocycles. The van der Waals surface area contributed by atoms with Crippen LogP contribution in [0.2, 0.25) is 0 Å². The highest BCUT2D eigenvalue weighted by atomic mass is 32.2. The minimum atomic E-state index is -0.224. The number of amides is 1. The Balaban J connectivity index is 1.49. The number of carbonyl (C=O) groups excluding carboxylic acids is 1. The van der Waals surface area contributed by atoms with Crippen LogP contribution < -0.4 is 10.2 Å². The van der Waals surface area contributed by atoms with Crippen LogP contribution in [0, 0.1) is 0 Å². The Labute approximate surface area is 164 Å². The van der Waals surface area contributed by atoms with E-state index in [4.69, 9.17) is 4.74 Å². The van der Waals surface area contributed by atoms with Crippen LogP contribution in [0.3, 0.4) is 0 Å². The zero-order chi connectivity index (χ0) is 19.1. The number of carbonyl (C=O) groups is 1. The number of nitrogens with zero attached hydrogens (tertiary/aromatic N) is 2. The first-order valence-corrected chi connectivity index (χ1v) is 9.85. The summed E-state index contributed by atoms with van der Waals surface area (Å²) in [6.07, 6.45) is 1.49. The fourth-order valence-electron chi connectivity index (χ4n) is 2.18. The monoisotopic (exact) mass is 399 g/mol. The molecule has 1 heterocycles. The van der Waals surface area contributed by atoms with Crippen molar-refractivity contribution in [3.63, 3.8) is 0 Å². The van der Waals surface area contributed by atoms with Crippen LogP contribution in [0.25, 0.3) is 11.3 Å². The zero-order valence-electron chi connectivity index (χ0n) is 14.5. The Bertz CT molecular complexity index is 942. The SMILES string of the molecule is COc1cc(/C=N\NC(=O)CSc2nc(-c3ccccc3)cs2)ccc1O. The van der Waals surface area contributed by atoms with Gasteiger partial charge in [-0.25, -0.2) is 10.4 Å². The maximum atomic E-state index is 11.9. The van der Waals surface area contributed by atoms with Crippen LogP contribution in [0.15, 0.2) is 63.4 Å². The number of nitrogens with one attached hydrogen (secondary N) is 1. The third kappa shape index (κ3) is 5.32. The number of phenols is 1. The van der Waals surface area contributed by atoms with Gasteiger partial charge in [0.15, 0.2) is 15.8 Å². The second-order valence-corrected chi connectivity index (χ2v) is 7.46. The van der Waals surface area contributed by atoms with Gasteiger partial charge in [0.25, 0.3) is 5.91 Å². The quantitative estimate of drug-likeness (QED) is 0.359. The summed E-state index contributed by atoms with van der Waals surface area (Å²) in [6.45, 7) is 0. The number of rotatable bonds is 7. The van der Waals surface area contributed by atoms with Gasteiger partial charge >= 0.3 is 0 Å². The van der Waals surface area contributed by atoms with Gasteiger partial charge in [-0.3, -0.25) is 4.79 Å². The average Bonchev–Trinajstić information content (AvgIpc) is 3.17. The molecule has 138 valence electrons. The van der Waals surface area contributed by atoms with Gasteiger partial charge < -0.3 is 9.84 Å². The van der Waals surface area contributed by atoms with Crippen molar-refractivity contribution in [2.24, 2.45) is 5.10 Å². The molecule has 2 N–H and O–H groups in total. The average molecular weight is 399 g/mol. The largest absolute Gasteiger partial charge is 0.504 e. The summed E-state index contributed by atoms with van der Waals surface area (Å²) in [6, 6.07) is 14.7. The first-order valence-electron chi connectivity index (χ1n) is 7.98. The topological polar surface area (TPSA) is 83.8 Å². The number of benzene rings is 2. The van der Waals surface area contributed by atoms with Gasteiger partial charge in [0.2, 0.25) is 0 Å². The lowest BCUT2D eigenvalue weighted by atomic mass is 10.2. The highest BCUT2D eigenvalue weighted by Gasteiger charge is 2.07. The summed E-state index contributed by atoms with van der Waals surface area (Å²) >= 11 is 2.88.